The summed E-state index contributed by atoms with van der Waals surface area (Å²) in [4.78, 5) is 0. The van der Waals surface area contributed by atoms with Crippen molar-refractivity contribution in [1.82, 2.24) is 0 Å². The van der Waals surface area contributed by atoms with E-state index in [0.29, 0.717) is 0 Å². The summed E-state index contributed by atoms with van der Waals surface area (Å²) in [6, 6.07) is 7.71. The van der Waals surface area contributed by atoms with Crippen molar-refractivity contribution < 1.29 is 5.11 Å². The molecule has 1 nitrogen and oxygen atoms in total. The van der Waals surface area contributed by atoms with Crippen LogP contribution < -0.4 is 0 Å². The first-order valence-electron chi connectivity index (χ1n) is 3.68. The number of hydrogen-bond donors (Lipinski definition) is 1. The summed E-state index contributed by atoms with van der Waals surface area (Å²) in [7, 11) is 0. The molecule has 0 radical (unpaired) electrons. The Morgan fingerprint density at radius 2 is 1.91 bits per heavy atom. The molecule has 1 aromatic carbocycles. The Labute approximate surface area is 71.6 Å². The molecular weight excluding hydrogens is 162 g/mol. The number of halogens is 1. The van der Waals surface area contributed by atoms with Gasteiger partial charge < -0.3 is 5.11 Å². The van der Waals surface area contributed by atoms with Crippen LogP contribution >= 0.6 is 11.6 Å². The van der Waals surface area contributed by atoms with Gasteiger partial charge in [-0.15, -0.1) is 0 Å². The first-order chi connectivity index (χ1) is 5.33. The Hall–Kier alpha value is -0.530. The summed E-state index contributed by atoms with van der Waals surface area (Å²) in [6.07, 6.45) is 1.75. The van der Waals surface area contributed by atoms with Gasteiger partial charge in [0.2, 0.25) is 0 Å². The molecule has 0 aromatic heterocycles. The van der Waals surface area contributed by atoms with Crippen molar-refractivity contribution in [2.24, 2.45) is 0 Å². The molecule has 0 amide bonds. The molecule has 0 fully saturated rings. The van der Waals surface area contributed by atoms with Crippen molar-refractivity contribution in [3.63, 3.8) is 0 Å². The summed E-state index contributed by atoms with van der Waals surface area (Å²) in [5, 5.41) is 9.32. The molecule has 0 heterocycles. The second-order valence-electron chi connectivity index (χ2n) is 2.45. The van der Waals surface area contributed by atoms with E-state index in [2.05, 4.69) is 0 Å². The lowest BCUT2D eigenvalue weighted by Crippen LogP contribution is -1.88. The Kier molecular flexibility index (Phi) is 3.40. The lowest BCUT2D eigenvalue weighted by atomic mass is 10.2. The third-order valence-corrected chi connectivity index (χ3v) is 1.79. The van der Waals surface area contributed by atoms with Gasteiger partial charge in [0.1, 0.15) is 0 Å². The van der Waals surface area contributed by atoms with Crippen LogP contribution in [0.25, 0.3) is 0 Å². The Balaban J connectivity index is 2.52. The van der Waals surface area contributed by atoms with E-state index in [4.69, 9.17) is 16.7 Å². The van der Waals surface area contributed by atoms with Gasteiger partial charge in [-0.3, -0.25) is 0 Å². The van der Waals surface area contributed by atoms with E-state index in [-0.39, 0.29) is 6.61 Å². The summed E-state index contributed by atoms with van der Waals surface area (Å²) in [5.74, 6) is 0. The first-order valence-corrected chi connectivity index (χ1v) is 4.06. The number of benzene rings is 1. The normalized spacial score (nSPS) is 10.0. The van der Waals surface area contributed by atoms with E-state index >= 15 is 0 Å². The zero-order valence-corrected chi connectivity index (χ0v) is 7.01. The SMILES string of the molecule is O[14CH2]CCc1ccc(Cl)cc1. The smallest absolute Gasteiger partial charge is 0.0434 e. The molecule has 1 rings (SSSR count). The van der Waals surface area contributed by atoms with E-state index in [1.807, 2.05) is 24.3 Å². The molecule has 0 saturated carbocycles. The van der Waals surface area contributed by atoms with E-state index in [1.54, 1.807) is 0 Å². The average molecular weight is 173 g/mol. The zero-order valence-electron chi connectivity index (χ0n) is 6.26. The minimum Gasteiger partial charge on any atom is -0.396 e. The first kappa shape index (κ1) is 8.57. The zero-order chi connectivity index (χ0) is 8.10. The van der Waals surface area contributed by atoms with Crippen LogP contribution in [0.5, 0.6) is 0 Å². The van der Waals surface area contributed by atoms with Gasteiger partial charge in [0, 0.05) is 11.6 Å². The third-order valence-electron chi connectivity index (χ3n) is 1.54. The molecular formula is C9H11ClO. The van der Waals surface area contributed by atoms with Gasteiger partial charge in [0.15, 0.2) is 0 Å². The van der Waals surface area contributed by atoms with Crippen LogP contribution in [0.4, 0.5) is 0 Å². The van der Waals surface area contributed by atoms with Crippen LogP contribution in [-0.2, 0) is 6.42 Å². The largest absolute Gasteiger partial charge is 0.396 e. The highest BCUT2D eigenvalue weighted by Gasteiger charge is 1.91. The molecule has 0 aliphatic carbocycles. The van der Waals surface area contributed by atoms with Crippen LogP contribution in [0.15, 0.2) is 24.3 Å². The van der Waals surface area contributed by atoms with Crippen LogP contribution in [0.3, 0.4) is 0 Å². The molecule has 0 unspecified atom stereocenters. The molecule has 0 spiro atoms. The molecule has 2 heteroatoms. The lowest BCUT2D eigenvalue weighted by Gasteiger charge is -1.97. The predicted octanol–water partition coefficient (Wildman–Crippen LogP) is 2.26. The fourth-order valence-corrected chi connectivity index (χ4v) is 1.06. The van der Waals surface area contributed by atoms with Crippen molar-refractivity contribution in [3.8, 4) is 0 Å². The summed E-state index contributed by atoms with van der Waals surface area (Å²) in [6.45, 7) is 0.253. The minimum atomic E-state index is 0.253. The van der Waals surface area contributed by atoms with Crippen molar-refractivity contribution in [3.05, 3.63) is 34.9 Å². The average Bonchev–Trinajstić information content (AvgIpc) is 2.04. The summed E-state index contributed by atoms with van der Waals surface area (Å²) < 4.78 is 0. The molecule has 0 aliphatic rings. The fraction of sp³-hybridized carbons (Fsp3) is 0.333. The van der Waals surface area contributed by atoms with Gasteiger partial charge in [-0.05, 0) is 30.5 Å². The maximum atomic E-state index is 8.56. The third kappa shape index (κ3) is 2.91. The monoisotopic (exact) mass is 172 g/mol. The number of rotatable bonds is 3. The standard InChI is InChI=1S/C9H11ClO/c10-9-5-3-8(4-6-9)2-1-7-11/h3-6,11H,1-2,7H2/i7+2. The molecule has 60 valence electrons. The van der Waals surface area contributed by atoms with E-state index < -0.39 is 0 Å². The van der Waals surface area contributed by atoms with Crippen LogP contribution in [0.1, 0.15) is 12.0 Å². The topological polar surface area (TPSA) is 20.2 Å². The van der Waals surface area contributed by atoms with Crippen molar-refractivity contribution in [2.75, 3.05) is 6.61 Å². The van der Waals surface area contributed by atoms with Crippen molar-refractivity contribution in [2.45, 2.75) is 12.8 Å². The van der Waals surface area contributed by atoms with E-state index in [1.165, 1.54) is 5.56 Å². The maximum Gasteiger partial charge on any atom is 0.0434 e. The van der Waals surface area contributed by atoms with Crippen LogP contribution in [0, 0.1) is 0 Å². The van der Waals surface area contributed by atoms with Gasteiger partial charge >= 0.3 is 0 Å². The van der Waals surface area contributed by atoms with Crippen LogP contribution in [-0.4, -0.2) is 11.7 Å². The van der Waals surface area contributed by atoms with Crippen molar-refractivity contribution >= 4 is 11.6 Å². The quantitative estimate of drug-likeness (QED) is 0.742. The Morgan fingerprint density at radius 3 is 2.45 bits per heavy atom. The molecule has 1 N–H and O–H groups in total. The van der Waals surface area contributed by atoms with Crippen LogP contribution in [0.2, 0.25) is 5.02 Å². The van der Waals surface area contributed by atoms with Gasteiger partial charge in [-0.1, -0.05) is 23.7 Å². The molecule has 11 heavy (non-hydrogen) atoms. The van der Waals surface area contributed by atoms with Crippen molar-refractivity contribution in [1.29, 1.82) is 0 Å². The molecule has 1 aromatic rings. The fourth-order valence-electron chi connectivity index (χ4n) is 0.934. The lowest BCUT2D eigenvalue weighted by molar-refractivity contribution is 0.288. The number of hydrogen-bond acceptors (Lipinski definition) is 1. The highest BCUT2D eigenvalue weighted by molar-refractivity contribution is 6.30. The van der Waals surface area contributed by atoms with Gasteiger partial charge in [-0.25, -0.2) is 0 Å². The number of aryl methyl sites for hydroxylation is 1. The summed E-state index contributed by atoms with van der Waals surface area (Å²) >= 11 is 5.70. The molecule has 0 bridgehead atoms. The molecule has 0 saturated heterocycles. The highest BCUT2D eigenvalue weighted by atomic mass is 35.5. The van der Waals surface area contributed by atoms with Gasteiger partial charge in [-0.2, -0.15) is 0 Å². The van der Waals surface area contributed by atoms with E-state index in [0.717, 1.165) is 17.9 Å². The predicted molar refractivity (Wildman–Crippen MR) is 46.9 cm³/mol. The molecule has 0 atom stereocenters. The second-order valence-corrected chi connectivity index (χ2v) is 2.89. The highest BCUT2D eigenvalue weighted by Crippen LogP contribution is 2.10. The Morgan fingerprint density at radius 1 is 1.27 bits per heavy atom. The second kappa shape index (κ2) is 4.37. The number of aliphatic hydroxyl groups is 1. The van der Waals surface area contributed by atoms with Gasteiger partial charge in [0.25, 0.3) is 0 Å². The molecule has 0 aliphatic heterocycles. The maximum absolute atomic E-state index is 8.56. The minimum absolute atomic E-state index is 0.253. The Bertz CT molecular complexity index is 205. The van der Waals surface area contributed by atoms with E-state index in [9.17, 15) is 0 Å². The summed E-state index contributed by atoms with van der Waals surface area (Å²) in [5.41, 5.74) is 1.23. The number of aliphatic hydroxyl groups excluding tert-OH is 1. The van der Waals surface area contributed by atoms with Gasteiger partial charge in [0.05, 0.1) is 0 Å².